The molecule has 2 fully saturated rings. The standard InChI is InChI=1S/C39H44Cl3N3O6/c1-24-17-33(41)37(34(42)18-24)51-16-15-50-30-10-6-26(7-11-30)31-13-14-43-35(22-49-23-48-2)36(31)39(47)45(29-8-9-29)21-28-19-25(3-12-32(28)40)20-44-38(46)27-4-5-27/h3,6-7,10-12,17-19,27,29,35,43H,4-5,8-9,13-16,20-23H2,1-2H3,(H,44,46). The number of benzene rings is 3. The number of rotatable bonds is 17. The molecule has 2 amide bonds. The smallest absolute Gasteiger partial charge is 0.252 e. The van der Waals surface area contributed by atoms with Crippen molar-refractivity contribution in [1.29, 1.82) is 0 Å². The number of ether oxygens (including phenoxy) is 4. The van der Waals surface area contributed by atoms with Gasteiger partial charge in [0.1, 0.15) is 25.8 Å². The molecule has 2 saturated carbocycles. The van der Waals surface area contributed by atoms with Gasteiger partial charge in [-0.1, -0.05) is 59.1 Å². The van der Waals surface area contributed by atoms with Crippen molar-refractivity contribution in [2.24, 2.45) is 5.92 Å². The van der Waals surface area contributed by atoms with Gasteiger partial charge in [-0.2, -0.15) is 0 Å². The van der Waals surface area contributed by atoms with Crippen molar-refractivity contribution in [3.63, 3.8) is 0 Å². The Kier molecular flexibility index (Phi) is 12.8. The van der Waals surface area contributed by atoms with Crippen LogP contribution in [-0.4, -0.2) is 69.1 Å². The lowest BCUT2D eigenvalue weighted by Gasteiger charge is -2.33. The Labute approximate surface area is 314 Å². The fraction of sp³-hybridized carbons (Fsp3) is 0.436. The highest BCUT2D eigenvalue weighted by molar-refractivity contribution is 6.37. The van der Waals surface area contributed by atoms with Crippen molar-refractivity contribution in [2.45, 2.75) is 64.2 Å². The van der Waals surface area contributed by atoms with Crippen LogP contribution >= 0.6 is 34.8 Å². The third-order valence-corrected chi connectivity index (χ3v) is 10.1. The summed E-state index contributed by atoms with van der Waals surface area (Å²) in [6.07, 6.45) is 4.44. The zero-order valence-corrected chi connectivity index (χ0v) is 31.2. The predicted molar refractivity (Wildman–Crippen MR) is 199 cm³/mol. The molecule has 1 aliphatic heterocycles. The van der Waals surface area contributed by atoms with E-state index in [1.165, 1.54) is 0 Å². The molecule has 6 rings (SSSR count). The van der Waals surface area contributed by atoms with E-state index in [4.69, 9.17) is 53.8 Å². The maximum absolute atomic E-state index is 14.7. The molecule has 0 spiro atoms. The molecule has 0 saturated heterocycles. The molecule has 2 N–H and O–H groups in total. The summed E-state index contributed by atoms with van der Waals surface area (Å²) in [5.74, 6) is 1.30. The molecule has 3 aromatic rings. The molecule has 0 aromatic heterocycles. The van der Waals surface area contributed by atoms with Crippen molar-refractivity contribution in [1.82, 2.24) is 15.5 Å². The summed E-state index contributed by atoms with van der Waals surface area (Å²) >= 11 is 19.3. The van der Waals surface area contributed by atoms with E-state index in [0.29, 0.717) is 64.8 Å². The number of carbonyl (C=O) groups excluding carboxylic acids is 2. The number of hydrogen-bond acceptors (Lipinski definition) is 7. The lowest BCUT2D eigenvalue weighted by atomic mass is 9.88. The number of nitrogens with zero attached hydrogens (tertiary/aromatic N) is 1. The van der Waals surface area contributed by atoms with E-state index in [1.54, 1.807) is 19.2 Å². The Balaban J connectivity index is 1.19. The van der Waals surface area contributed by atoms with Crippen molar-refractivity contribution < 1.29 is 28.5 Å². The van der Waals surface area contributed by atoms with Gasteiger partial charge in [-0.3, -0.25) is 9.59 Å². The fourth-order valence-corrected chi connectivity index (χ4v) is 7.18. The van der Waals surface area contributed by atoms with Gasteiger partial charge in [-0.05, 0) is 104 Å². The monoisotopic (exact) mass is 755 g/mol. The van der Waals surface area contributed by atoms with Crippen molar-refractivity contribution in [2.75, 3.05) is 40.3 Å². The first-order valence-corrected chi connectivity index (χ1v) is 18.6. The quantitative estimate of drug-likeness (QED) is 0.110. The highest BCUT2D eigenvalue weighted by Gasteiger charge is 2.38. The number of halogens is 3. The van der Waals surface area contributed by atoms with Crippen LogP contribution in [0.15, 0.2) is 60.2 Å². The number of aryl methyl sites for hydroxylation is 1. The van der Waals surface area contributed by atoms with Crippen LogP contribution in [0.3, 0.4) is 0 Å². The van der Waals surface area contributed by atoms with E-state index >= 15 is 0 Å². The third kappa shape index (κ3) is 9.97. The Morgan fingerprint density at radius 2 is 1.65 bits per heavy atom. The molecule has 1 atom stereocenters. The maximum Gasteiger partial charge on any atom is 0.252 e. The van der Waals surface area contributed by atoms with E-state index in [1.807, 2.05) is 54.3 Å². The number of nitrogens with one attached hydrogen (secondary N) is 2. The second-order valence-corrected chi connectivity index (χ2v) is 14.5. The van der Waals surface area contributed by atoms with Crippen molar-refractivity contribution >= 4 is 52.2 Å². The minimum absolute atomic E-state index is 0.0416. The molecule has 0 bridgehead atoms. The minimum atomic E-state index is -0.328. The SMILES string of the molecule is COCOCC1NCCC(c2ccc(OCCOc3c(Cl)cc(C)cc3Cl)cc2)=C1C(=O)N(Cc1cc(CNC(=O)C2CC2)ccc1Cl)C1CC1. The average molecular weight is 757 g/mol. The molecule has 272 valence electrons. The van der Waals surface area contributed by atoms with E-state index < -0.39 is 0 Å². The molecule has 9 nitrogen and oxygen atoms in total. The highest BCUT2D eigenvalue weighted by atomic mass is 35.5. The van der Waals surface area contributed by atoms with Crippen LogP contribution in [0.4, 0.5) is 0 Å². The van der Waals surface area contributed by atoms with Gasteiger partial charge >= 0.3 is 0 Å². The van der Waals surface area contributed by atoms with E-state index in [0.717, 1.165) is 53.5 Å². The van der Waals surface area contributed by atoms with Crippen LogP contribution < -0.4 is 20.1 Å². The minimum Gasteiger partial charge on any atom is -0.490 e. The summed E-state index contributed by atoms with van der Waals surface area (Å²) in [4.78, 5) is 28.9. The normalized spacial score (nSPS) is 17.3. The molecule has 0 radical (unpaired) electrons. The molecule has 3 aliphatic rings. The highest BCUT2D eigenvalue weighted by Crippen LogP contribution is 2.37. The average Bonchev–Trinajstić information content (AvgIpc) is 4.05. The van der Waals surface area contributed by atoms with Crippen LogP contribution in [-0.2, 0) is 32.2 Å². The van der Waals surface area contributed by atoms with Gasteiger partial charge in [-0.15, -0.1) is 0 Å². The molecule has 2 aliphatic carbocycles. The first kappa shape index (κ1) is 37.4. The van der Waals surface area contributed by atoms with Crippen LogP contribution in [0.2, 0.25) is 15.1 Å². The largest absolute Gasteiger partial charge is 0.490 e. The zero-order valence-electron chi connectivity index (χ0n) is 28.9. The number of methoxy groups -OCH3 is 1. The van der Waals surface area contributed by atoms with Crippen LogP contribution in [0.25, 0.3) is 5.57 Å². The van der Waals surface area contributed by atoms with E-state index in [-0.39, 0.29) is 49.8 Å². The Morgan fingerprint density at radius 3 is 2.33 bits per heavy atom. The fourth-order valence-electron chi connectivity index (χ4n) is 6.30. The van der Waals surface area contributed by atoms with Crippen molar-refractivity contribution in [3.8, 4) is 11.5 Å². The Hall–Kier alpha value is -3.31. The zero-order chi connectivity index (χ0) is 35.9. The third-order valence-electron chi connectivity index (χ3n) is 9.21. The van der Waals surface area contributed by atoms with Gasteiger partial charge in [-0.25, -0.2) is 0 Å². The molecule has 51 heavy (non-hydrogen) atoms. The lowest BCUT2D eigenvalue weighted by molar-refractivity contribution is -0.129. The maximum atomic E-state index is 14.7. The molecule has 3 aromatic carbocycles. The molecule has 1 unspecified atom stereocenters. The summed E-state index contributed by atoms with van der Waals surface area (Å²) in [6, 6.07) is 17.0. The molecule has 12 heteroatoms. The van der Waals surface area contributed by atoms with E-state index in [2.05, 4.69) is 10.6 Å². The van der Waals surface area contributed by atoms with Crippen LogP contribution in [0.5, 0.6) is 11.5 Å². The van der Waals surface area contributed by atoms with Gasteiger partial charge in [0.15, 0.2) is 5.75 Å². The first-order chi connectivity index (χ1) is 24.7. The summed E-state index contributed by atoms with van der Waals surface area (Å²) in [6.45, 7) is 4.37. The number of hydrogen-bond donors (Lipinski definition) is 2. The Bertz CT molecular complexity index is 1720. The second kappa shape index (κ2) is 17.5. The van der Waals surface area contributed by atoms with Crippen LogP contribution in [0.1, 0.15) is 54.4 Å². The topological polar surface area (TPSA) is 98.4 Å². The summed E-state index contributed by atoms with van der Waals surface area (Å²) in [5.41, 5.74) is 5.36. The number of amides is 2. The van der Waals surface area contributed by atoms with Gasteiger partial charge in [0.2, 0.25) is 5.91 Å². The summed E-state index contributed by atoms with van der Waals surface area (Å²) in [7, 11) is 1.58. The number of carbonyl (C=O) groups is 2. The van der Waals surface area contributed by atoms with Crippen LogP contribution in [0, 0.1) is 12.8 Å². The Morgan fingerprint density at radius 1 is 0.922 bits per heavy atom. The lowest BCUT2D eigenvalue weighted by Crippen LogP contribution is -2.47. The van der Waals surface area contributed by atoms with E-state index in [9.17, 15) is 9.59 Å². The van der Waals surface area contributed by atoms with Gasteiger partial charge in [0.25, 0.3) is 5.91 Å². The summed E-state index contributed by atoms with van der Waals surface area (Å²) < 4.78 is 22.7. The predicted octanol–water partition coefficient (Wildman–Crippen LogP) is 7.37. The van der Waals surface area contributed by atoms with Gasteiger partial charge in [0.05, 0.1) is 22.7 Å². The van der Waals surface area contributed by atoms with Crippen molar-refractivity contribution in [3.05, 3.63) is 97.5 Å². The molecule has 1 heterocycles. The second-order valence-electron chi connectivity index (χ2n) is 13.3. The summed E-state index contributed by atoms with van der Waals surface area (Å²) in [5, 5.41) is 8.05. The molecular weight excluding hydrogens is 713 g/mol. The first-order valence-electron chi connectivity index (χ1n) is 17.4. The molecular formula is C39H44Cl3N3O6. The van der Waals surface area contributed by atoms with Gasteiger partial charge in [0, 0.05) is 42.8 Å². The van der Waals surface area contributed by atoms with Gasteiger partial charge < -0.3 is 34.5 Å².